The summed E-state index contributed by atoms with van der Waals surface area (Å²) in [6, 6.07) is 8.75. The smallest absolute Gasteiger partial charge is 0.191 e. The van der Waals surface area contributed by atoms with Crippen LogP contribution in [0.3, 0.4) is 0 Å². The molecule has 1 aromatic carbocycles. The molecule has 0 spiro atoms. The summed E-state index contributed by atoms with van der Waals surface area (Å²) in [6.07, 6.45) is 4.42. The maximum absolute atomic E-state index is 9.38. The van der Waals surface area contributed by atoms with Crippen molar-refractivity contribution >= 4 is 5.96 Å². The van der Waals surface area contributed by atoms with Crippen LogP contribution in [0.4, 0.5) is 0 Å². The Morgan fingerprint density at radius 2 is 1.87 bits per heavy atom. The van der Waals surface area contributed by atoms with Gasteiger partial charge in [0, 0.05) is 26.2 Å². The summed E-state index contributed by atoms with van der Waals surface area (Å²) >= 11 is 0. The predicted molar refractivity (Wildman–Crippen MR) is 125 cm³/mol. The topological polar surface area (TPSA) is 69.1 Å². The van der Waals surface area contributed by atoms with Gasteiger partial charge in [-0.3, -0.25) is 9.89 Å². The van der Waals surface area contributed by atoms with Crippen molar-refractivity contribution in [1.82, 2.24) is 15.5 Å². The van der Waals surface area contributed by atoms with Crippen molar-refractivity contribution in [1.29, 1.82) is 0 Å². The summed E-state index contributed by atoms with van der Waals surface area (Å²) in [5.74, 6) is 2.78. The predicted octanol–water partition coefficient (Wildman–Crippen LogP) is 3.43. The molecule has 0 radical (unpaired) electrons. The number of aliphatic hydroxyl groups excluding tert-OH is 1. The molecule has 0 aliphatic carbocycles. The number of rotatable bonds is 12. The van der Waals surface area contributed by atoms with E-state index >= 15 is 0 Å². The molecule has 0 saturated carbocycles. The van der Waals surface area contributed by atoms with E-state index in [-0.39, 0.29) is 6.61 Å². The molecule has 6 nitrogen and oxygen atoms in total. The lowest BCUT2D eigenvalue weighted by atomic mass is 9.94. The molecule has 0 amide bonds. The summed E-state index contributed by atoms with van der Waals surface area (Å²) in [6.45, 7) is 11.4. The second kappa shape index (κ2) is 13.5. The molecule has 3 N–H and O–H groups in total. The van der Waals surface area contributed by atoms with Crippen LogP contribution in [0.2, 0.25) is 0 Å². The van der Waals surface area contributed by atoms with Gasteiger partial charge in [-0.25, -0.2) is 0 Å². The fourth-order valence-corrected chi connectivity index (χ4v) is 4.23. The van der Waals surface area contributed by atoms with Crippen LogP contribution in [0.15, 0.2) is 29.3 Å². The van der Waals surface area contributed by atoms with Gasteiger partial charge in [-0.2, -0.15) is 0 Å². The summed E-state index contributed by atoms with van der Waals surface area (Å²) in [7, 11) is 1.71. The number of hydrogen-bond donors (Lipinski definition) is 3. The molecule has 1 aliphatic heterocycles. The normalized spacial score (nSPS) is 17.2. The van der Waals surface area contributed by atoms with E-state index in [1.165, 1.54) is 18.4 Å². The van der Waals surface area contributed by atoms with Gasteiger partial charge in [0.2, 0.25) is 0 Å². The average Bonchev–Trinajstić information content (AvgIpc) is 3.26. The van der Waals surface area contributed by atoms with Gasteiger partial charge in [0.25, 0.3) is 0 Å². The fraction of sp³-hybridized carbons (Fsp3) is 0.708. The van der Waals surface area contributed by atoms with Crippen LogP contribution in [0.5, 0.6) is 5.75 Å². The number of ether oxygens (including phenoxy) is 1. The monoisotopic (exact) mass is 418 g/mol. The van der Waals surface area contributed by atoms with Crippen molar-refractivity contribution in [2.24, 2.45) is 16.8 Å². The number of benzene rings is 1. The van der Waals surface area contributed by atoms with Gasteiger partial charge in [0.05, 0.1) is 13.2 Å². The number of nitrogens with one attached hydrogen (secondary N) is 2. The highest BCUT2D eigenvalue weighted by molar-refractivity contribution is 5.79. The summed E-state index contributed by atoms with van der Waals surface area (Å²) in [5, 5.41) is 16.4. The number of nitrogens with zero attached hydrogens (tertiary/aromatic N) is 2. The van der Waals surface area contributed by atoms with Gasteiger partial charge in [-0.15, -0.1) is 0 Å². The van der Waals surface area contributed by atoms with Crippen molar-refractivity contribution in [3.63, 3.8) is 0 Å². The van der Waals surface area contributed by atoms with Crippen LogP contribution in [-0.4, -0.2) is 62.4 Å². The lowest BCUT2D eigenvalue weighted by Gasteiger charge is -2.29. The molecule has 1 heterocycles. The van der Waals surface area contributed by atoms with Crippen LogP contribution in [-0.2, 0) is 0 Å². The van der Waals surface area contributed by atoms with Gasteiger partial charge < -0.3 is 20.5 Å². The minimum absolute atomic E-state index is 0.228. The van der Waals surface area contributed by atoms with E-state index in [9.17, 15) is 5.11 Å². The molecule has 2 rings (SSSR count). The number of aliphatic imine (C=N–C) groups is 1. The Labute approximate surface area is 183 Å². The van der Waals surface area contributed by atoms with Crippen LogP contribution in [0.25, 0.3) is 0 Å². The van der Waals surface area contributed by atoms with Gasteiger partial charge >= 0.3 is 0 Å². The molecule has 0 bridgehead atoms. The van der Waals surface area contributed by atoms with E-state index in [0.717, 1.165) is 57.3 Å². The summed E-state index contributed by atoms with van der Waals surface area (Å²) in [5.41, 5.74) is 1.30. The van der Waals surface area contributed by atoms with E-state index in [0.29, 0.717) is 17.9 Å². The van der Waals surface area contributed by atoms with Crippen LogP contribution < -0.4 is 15.4 Å². The van der Waals surface area contributed by atoms with Crippen molar-refractivity contribution in [2.75, 3.05) is 46.4 Å². The molecule has 2 atom stereocenters. The second-order valence-electron chi connectivity index (χ2n) is 8.64. The third kappa shape index (κ3) is 8.15. The molecule has 1 aromatic rings. The lowest BCUT2D eigenvalue weighted by molar-refractivity contribution is 0.243. The minimum Gasteiger partial charge on any atom is -0.497 e. The summed E-state index contributed by atoms with van der Waals surface area (Å²) < 4.78 is 5.33. The van der Waals surface area contributed by atoms with Crippen LogP contribution in [0, 0.1) is 11.8 Å². The van der Waals surface area contributed by atoms with Crippen molar-refractivity contribution in [3.8, 4) is 5.75 Å². The largest absolute Gasteiger partial charge is 0.497 e. The van der Waals surface area contributed by atoms with E-state index < -0.39 is 0 Å². The molecule has 170 valence electrons. The quantitative estimate of drug-likeness (QED) is 0.358. The molecule has 1 saturated heterocycles. The zero-order valence-corrected chi connectivity index (χ0v) is 19.4. The van der Waals surface area contributed by atoms with Crippen LogP contribution >= 0.6 is 0 Å². The van der Waals surface area contributed by atoms with Gasteiger partial charge in [0.1, 0.15) is 5.75 Å². The third-order valence-corrected chi connectivity index (χ3v) is 5.74. The van der Waals surface area contributed by atoms with Crippen molar-refractivity contribution < 1.29 is 9.84 Å². The fourth-order valence-electron chi connectivity index (χ4n) is 4.23. The highest BCUT2D eigenvalue weighted by atomic mass is 16.5. The zero-order valence-electron chi connectivity index (χ0n) is 19.4. The highest BCUT2D eigenvalue weighted by Gasteiger charge is 2.24. The molecular weight excluding hydrogens is 376 g/mol. The first kappa shape index (κ1) is 24.5. The number of likely N-dealkylation sites (tertiary alicyclic amines) is 1. The van der Waals surface area contributed by atoms with Crippen molar-refractivity contribution in [2.45, 2.75) is 52.5 Å². The molecule has 1 fully saturated rings. The summed E-state index contributed by atoms with van der Waals surface area (Å²) in [4.78, 5) is 7.41. The third-order valence-electron chi connectivity index (χ3n) is 5.74. The first-order chi connectivity index (χ1) is 14.6. The Kier molecular flexibility index (Phi) is 11.0. The van der Waals surface area contributed by atoms with E-state index in [1.807, 2.05) is 12.1 Å². The number of aliphatic hydroxyl groups is 1. The van der Waals surface area contributed by atoms with E-state index in [2.05, 4.69) is 48.4 Å². The number of hydrogen-bond acceptors (Lipinski definition) is 4. The minimum atomic E-state index is 0.228. The molecule has 6 heteroatoms. The van der Waals surface area contributed by atoms with E-state index in [1.54, 1.807) is 7.11 Å². The van der Waals surface area contributed by atoms with Gasteiger partial charge in [0.15, 0.2) is 5.96 Å². The average molecular weight is 419 g/mol. The SMILES string of the molecule is CCNC(=NCC(CCO)CC(C)C)NCC(c1ccc(OC)cc1)N1CCCC1. The molecular formula is C24H42N4O2. The number of guanidine groups is 1. The first-order valence-corrected chi connectivity index (χ1v) is 11.6. The zero-order chi connectivity index (χ0) is 21.8. The lowest BCUT2D eigenvalue weighted by Crippen LogP contribution is -2.43. The Balaban J connectivity index is 2.06. The highest BCUT2D eigenvalue weighted by Crippen LogP contribution is 2.26. The van der Waals surface area contributed by atoms with Crippen LogP contribution in [0.1, 0.15) is 58.1 Å². The van der Waals surface area contributed by atoms with Gasteiger partial charge in [-0.05, 0) is 75.2 Å². The maximum Gasteiger partial charge on any atom is 0.191 e. The maximum atomic E-state index is 9.38. The second-order valence-corrected chi connectivity index (χ2v) is 8.64. The Hall–Kier alpha value is -1.79. The number of methoxy groups -OCH3 is 1. The molecule has 1 aliphatic rings. The van der Waals surface area contributed by atoms with E-state index in [4.69, 9.17) is 9.73 Å². The standard InChI is InChI=1S/C24H42N4O2/c1-5-25-24(26-17-20(12-15-29)16-19(2)3)27-18-23(28-13-6-7-14-28)21-8-10-22(30-4)11-9-21/h8-11,19-20,23,29H,5-7,12-18H2,1-4H3,(H2,25,26,27). The Morgan fingerprint density at radius 3 is 2.43 bits per heavy atom. The molecule has 0 aromatic heterocycles. The molecule has 2 unspecified atom stereocenters. The van der Waals surface area contributed by atoms with Gasteiger partial charge in [-0.1, -0.05) is 26.0 Å². The van der Waals surface area contributed by atoms with Crippen molar-refractivity contribution in [3.05, 3.63) is 29.8 Å². The Bertz CT molecular complexity index is 612. The first-order valence-electron chi connectivity index (χ1n) is 11.6. The molecule has 30 heavy (non-hydrogen) atoms. The Morgan fingerprint density at radius 1 is 1.17 bits per heavy atom.